The Labute approximate surface area is 129 Å². The molecule has 5 heteroatoms. The second-order valence-electron chi connectivity index (χ2n) is 4.77. The molecular formula is C17H19FN2O2. The standard InChI is InChI=1S/C17H19FN2O2/c1-22-16-9-5-2-6-13(16)12-19-11-10-17(21)20-15-8-4-3-7-14(15)18/h2-9,19H,10-12H2,1H3,(H,20,21). The van der Waals surface area contributed by atoms with Gasteiger partial charge in [-0.15, -0.1) is 0 Å². The van der Waals surface area contributed by atoms with Gasteiger partial charge in [0.2, 0.25) is 5.91 Å². The molecular weight excluding hydrogens is 283 g/mol. The molecule has 116 valence electrons. The van der Waals surface area contributed by atoms with Crippen LogP contribution in [-0.4, -0.2) is 19.6 Å². The van der Waals surface area contributed by atoms with Gasteiger partial charge in [-0.25, -0.2) is 4.39 Å². The lowest BCUT2D eigenvalue weighted by molar-refractivity contribution is -0.116. The predicted octanol–water partition coefficient (Wildman–Crippen LogP) is 2.95. The average molecular weight is 302 g/mol. The number of rotatable bonds is 7. The summed E-state index contributed by atoms with van der Waals surface area (Å²) in [7, 11) is 1.63. The zero-order valence-corrected chi connectivity index (χ0v) is 12.4. The number of carbonyl (C=O) groups is 1. The third-order valence-electron chi connectivity index (χ3n) is 3.18. The summed E-state index contributed by atoms with van der Waals surface area (Å²) >= 11 is 0. The van der Waals surface area contributed by atoms with E-state index < -0.39 is 5.82 Å². The van der Waals surface area contributed by atoms with Gasteiger partial charge in [-0.05, 0) is 18.2 Å². The van der Waals surface area contributed by atoms with Crippen molar-refractivity contribution in [2.75, 3.05) is 19.0 Å². The van der Waals surface area contributed by atoms with Crippen LogP contribution in [0.4, 0.5) is 10.1 Å². The number of para-hydroxylation sites is 2. The summed E-state index contributed by atoms with van der Waals surface area (Å²) in [6.07, 6.45) is 0.267. The summed E-state index contributed by atoms with van der Waals surface area (Å²) in [5, 5.41) is 5.73. The van der Waals surface area contributed by atoms with Crippen LogP contribution in [0, 0.1) is 5.82 Å². The molecule has 0 aromatic heterocycles. The summed E-state index contributed by atoms with van der Waals surface area (Å²) < 4.78 is 18.7. The van der Waals surface area contributed by atoms with Gasteiger partial charge in [0.25, 0.3) is 0 Å². The van der Waals surface area contributed by atoms with Gasteiger partial charge < -0.3 is 15.4 Å². The first-order valence-corrected chi connectivity index (χ1v) is 7.07. The van der Waals surface area contributed by atoms with E-state index >= 15 is 0 Å². The lowest BCUT2D eigenvalue weighted by atomic mass is 10.2. The predicted molar refractivity (Wildman–Crippen MR) is 84.3 cm³/mol. The van der Waals surface area contributed by atoms with Crippen LogP contribution in [0.15, 0.2) is 48.5 Å². The van der Waals surface area contributed by atoms with E-state index in [0.29, 0.717) is 13.1 Å². The number of anilines is 1. The van der Waals surface area contributed by atoms with Crippen molar-refractivity contribution < 1.29 is 13.9 Å². The summed E-state index contributed by atoms with van der Waals surface area (Å²) in [4.78, 5) is 11.8. The molecule has 0 radical (unpaired) electrons. The van der Waals surface area contributed by atoms with E-state index in [1.807, 2.05) is 24.3 Å². The first-order valence-electron chi connectivity index (χ1n) is 7.07. The van der Waals surface area contributed by atoms with Crippen molar-refractivity contribution in [3.63, 3.8) is 0 Å². The Morgan fingerprint density at radius 3 is 2.64 bits per heavy atom. The van der Waals surface area contributed by atoms with Crippen molar-refractivity contribution in [1.82, 2.24) is 5.32 Å². The fourth-order valence-electron chi connectivity index (χ4n) is 2.05. The maximum absolute atomic E-state index is 13.4. The van der Waals surface area contributed by atoms with Crippen LogP contribution < -0.4 is 15.4 Å². The minimum atomic E-state index is -0.433. The van der Waals surface area contributed by atoms with Crippen LogP contribution in [-0.2, 0) is 11.3 Å². The summed E-state index contributed by atoms with van der Waals surface area (Å²) in [5.74, 6) is 0.154. The molecule has 0 heterocycles. The Kier molecular flexibility index (Phi) is 5.91. The molecule has 22 heavy (non-hydrogen) atoms. The normalized spacial score (nSPS) is 10.3. The highest BCUT2D eigenvalue weighted by Crippen LogP contribution is 2.16. The molecule has 0 spiro atoms. The number of nitrogens with one attached hydrogen (secondary N) is 2. The molecule has 4 nitrogen and oxygen atoms in total. The zero-order chi connectivity index (χ0) is 15.8. The molecule has 0 atom stereocenters. The highest BCUT2D eigenvalue weighted by Gasteiger charge is 2.06. The molecule has 0 aliphatic carbocycles. The fraction of sp³-hybridized carbons (Fsp3) is 0.235. The fourth-order valence-corrected chi connectivity index (χ4v) is 2.05. The molecule has 0 fully saturated rings. The topological polar surface area (TPSA) is 50.4 Å². The second kappa shape index (κ2) is 8.14. The number of benzene rings is 2. The highest BCUT2D eigenvalue weighted by molar-refractivity contribution is 5.90. The summed E-state index contributed by atoms with van der Waals surface area (Å²) in [6.45, 7) is 1.11. The van der Waals surface area contributed by atoms with E-state index in [9.17, 15) is 9.18 Å². The third-order valence-corrected chi connectivity index (χ3v) is 3.18. The average Bonchev–Trinajstić information content (AvgIpc) is 2.54. The quantitative estimate of drug-likeness (QED) is 0.773. The number of methoxy groups -OCH3 is 1. The van der Waals surface area contributed by atoms with Gasteiger partial charge in [-0.3, -0.25) is 4.79 Å². The molecule has 2 aromatic rings. The lowest BCUT2D eigenvalue weighted by Gasteiger charge is -2.10. The van der Waals surface area contributed by atoms with E-state index in [1.165, 1.54) is 12.1 Å². The van der Waals surface area contributed by atoms with E-state index in [0.717, 1.165) is 11.3 Å². The smallest absolute Gasteiger partial charge is 0.225 e. The van der Waals surface area contributed by atoms with Crippen LogP contribution in [0.25, 0.3) is 0 Å². The zero-order valence-electron chi connectivity index (χ0n) is 12.4. The number of ether oxygens (including phenoxy) is 1. The van der Waals surface area contributed by atoms with E-state index in [1.54, 1.807) is 19.2 Å². The molecule has 0 aliphatic rings. The number of halogens is 1. The van der Waals surface area contributed by atoms with E-state index in [4.69, 9.17) is 4.74 Å². The minimum Gasteiger partial charge on any atom is -0.496 e. The van der Waals surface area contributed by atoms with Gasteiger partial charge in [-0.2, -0.15) is 0 Å². The Hall–Kier alpha value is -2.40. The van der Waals surface area contributed by atoms with Crippen molar-refractivity contribution in [2.45, 2.75) is 13.0 Å². The first kappa shape index (κ1) is 16.0. The van der Waals surface area contributed by atoms with Gasteiger partial charge >= 0.3 is 0 Å². The lowest BCUT2D eigenvalue weighted by Crippen LogP contribution is -2.22. The molecule has 0 aliphatic heterocycles. The highest BCUT2D eigenvalue weighted by atomic mass is 19.1. The Morgan fingerprint density at radius 2 is 1.86 bits per heavy atom. The molecule has 2 aromatic carbocycles. The molecule has 2 rings (SSSR count). The van der Waals surface area contributed by atoms with Crippen molar-refractivity contribution in [1.29, 1.82) is 0 Å². The van der Waals surface area contributed by atoms with Crippen LogP contribution in [0.5, 0.6) is 5.75 Å². The van der Waals surface area contributed by atoms with Crippen LogP contribution in [0.2, 0.25) is 0 Å². The monoisotopic (exact) mass is 302 g/mol. The molecule has 0 saturated heterocycles. The van der Waals surface area contributed by atoms with Gasteiger partial charge in [0.05, 0.1) is 12.8 Å². The largest absolute Gasteiger partial charge is 0.496 e. The van der Waals surface area contributed by atoms with E-state index in [-0.39, 0.29) is 18.0 Å². The van der Waals surface area contributed by atoms with Crippen LogP contribution in [0.1, 0.15) is 12.0 Å². The Bertz CT molecular complexity index is 632. The molecule has 0 bridgehead atoms. The molecule has 1 amide bonds. The molecule has 0 saturated carbocycles. The number of hydrogen-bond acceptors (Lipinski definition) is 3. The van der Waals surface area contributed by atoms with Gasteiger partial charge in [0.1, 0.15) is 11.6 Å². The summed E-state index contributed by atoms with van der Waals surface area (Å²) in [6, 6.07) is 13.8. The van der Waals surface area contributed by atoms with Crippen LogP contribution >= 0.6 is 0 Å². The Morgan fingerprint density at radius 1 is 1.14 bits per heavy atom. The molecule has 2 N–H and O–H groups in total. The summed E-state index contributed by atoms with van der Waals surface area (Å²) in [5.41, 5.74) is 1.23. The molecule has 0 unspecified atom stereocenters. The second-order valence-corrected chi connectivity index (χ2v) is 4.77. The maximum atomic E-state index is 13.4. The SMILES string of the molecule is COc1ccccc1CNCCC(=O)Nc1ccccc1F. The number of carbonyl (C=O) groups excluding carboxylic acids is 1. The van der Waals surface area contributed by atoms with Crippen molar-refractivity contribution >= 4 is 11.6 Å². The van der Waals surface area contributed by atoms with Crippen molar-refractivity contribution in [2.24, 2.45) is 0 Å². The Balaban J connectivity index is 1.75. The third kappa shape index (κ3) is 4.56. The minimum absolute atomic E-state index is 0.206. The first-order chi connectivity index (χ1) is 10.7. The van der Waals surface area contributed by atoms with Crippen LogP contribution in [0.3, 0.4) is 0 Å². The van der Waals surface area contributed by atoms with E-state index in [2.05, 4.69) is 10.6 Å². The number of amides is 1. The van der Waals surface area contributed by atoms with Gasteiger partial charge in [-0.1, -0.05) is 30.3 Å². The van der Waals surface area contributed by atoms with Crippen molar-refractivity contribution in [3.05, 3.63) is 59.9 Å². The maximum Gasteiger partial charge on any atom is 0.225 e. The van der Waals surface area contributed by atoms with Crippen molar-refractivity contribution in [3.8, 4) is 5.75 Å². The number of hydrogen-bond donors (Lipinski definition) is 2. The van der Waals surface area contributed by atoms with Gasteiger partial charge in [0.15, 0.2) is 0 Å². The van der Waals surface area contributed by atoms with Gasteiger partial charge in [0, 0.05) is 25.1 Å².